The molecule has 4 aliphatic rings. The SMILES string of the molecule is Oc1ccccc1C1C2CC(C1c1ccccc1O)C1C3CCC(C3)C21. The summed E-state index contributed by atoms with van der Waals surface area (Å²) >= 11 is 0. The van der Waals surface area contributed by atoms with E-state index < -0.39 is 0 Å². The third-order valence-corrected chi connectivity index (χ3v) is 8.48. The summed E-state index contributed by atoms with van der Waals surface area (Å²) in [5, 5.41) is 21.3. The lowest BCUT2D eigenvalue weighted by atomic mass is 9.60. The highest BCUT2D eigenvalue weighted by atomic mass is 16.3. The van der Waals surface area contributed by atoms with Crippen LogP contribution in [0.1, 0.15) is 48.6 Å². The van der Waals surface area contributed by atoms with Crippen LogP contribution in [0, 0.1) is 35.5 Å². The van der Waals surface area contributed by atoms with Crippen LogP contribution in [0.4, 0.5) is 0 Å². The molecule has 2 heteroatoms. The average molecular weight is 346 g/mol. The molecule has 2 nitrogen and oxygen atoms in total. The van der Waals surface area contributed by atoms with Crippen LogP contribution >= 0.6 is 0 Å². The van der Waals surface area contributed by atoms with Crippen molar-refractivity contribution < 1.29 is 10.2 Å². The highest BCUT2D eigenvalue weighted by Crippen LogP contribution is 2.74. The van der Waals surface area contributed by atoms with Gasteiger partial charge in [-0.25, -0.2) is 0 Å². The van der Waals surface area contributed by atoms with E-state index in [0.717, 1.165) is 34.8 Å². The van der Waals surface area contributed by atoms with Crippen LogP contribution in [-0.2, 0) is 0 Å². The molecule has 4 saturated carbocycles. The van der Waals surface area contributed by atoms with E-state index >= 15 is 0 Å². The van der Waals surface area contributed by atoms with Gasteiger partial charge in [-0.1, -0.05) is 36.4 Å². The van der Waals surface area contributed by atoms with Crippen LogP contribution in [0.25, 0.3) is 0 Å². The summed E-state index contributed by atoms with van der Waals surface area (Å²) in [4.78, 5) is 0. The lowest BCUT2D eigenvalue weighted by Gasteiger charge is -2.44. The molecule has 2 aromatic carbocycles. The number of hydrogen-bond donors (Lipinski definition) is 2. The predicted octanol–water partition coefficient (Wildman–Crippen LogP) is 5.28. The highest BCUT2D eigenvalue weighted by molar-refractivity contribution is 5.46. The van der Waals surface area contributed by atoms with Gasteiger partial charge < -0.3 is 10.2 Å². The van der Waals surface area contributed by atoms with Gasteiger partial charge in [-0.05, 0) is 96.3 Å². The molecule has 0 radical (unpaired) electrons. The van der Waals surface area contributed by atoms with E-state index in [-0.39, 0.29) is 0 Å². The van der Waals surface area contributed by atoms with Crippen molar-refractivity contribution in [3.63, 3.8) is 0 Å². The van der Waals surface area contributed by atoms with E-state index in [0.29, 0.717) is 35.2 Å². The van der Waals surface area contributed by atoms with Crippen LogP contribution in [-0.4, -0.2) is 10.2 Å². The first-order valence-corrected chi connectivity index (χ1v) is 10.3. The fraction of sp³-hybridized carbons (Fsp3) is 0.500. The Kier molecular flexibility index (Phi) is 3.07. The van der Waals surface area contributed by atoms with E-state index in [1.807, 2.05) is 24.3 Å². The maximum Gasteiger partial charge on any atom is 0.119 e. The minimum Gasteiger partial charge on any atom is -0.508 e. The monoisotopic (exact) mass is 346 g/mol. The van der Waals surface area contributed by atoms with Crippen molar-refractivity contribution in [1.82, 2.24) is 0 Å². The Morgan fingerprint density at radius 1 is 0.615 bits per heavy atom. The van der Waals surface area contributed by atoms with Crippen molar-refractivity contribution in [2.75, 3.05) is 0 Å². The predicted molar refractivity (Wildman–Crippen MR) is 101 cm³/mol. The third kappa shape index (κ3) is 1.83. The third-order valence-electron chi connectivity index (χ3n) is 8.48. The maximum atomic E-state index is 10.6. The van der Waals surface area contributed by atoms with Gasteiger partial charge in [0.1, 0.15) is 11.5 Å². The van der Waals surface area contributed by atoms with Gasteiger partial charge in [-0.3, -0.25) is 0 Å². The summed E-state index contributed by atoms with van der Waals surface area (Å²) in [6.45, 7) is 0. The largest absolute Gasteiger partial charge is 0.508 e. The molecule has 2 aromatic rings. The zero-order valence-electron chi connectivity index (χ0n) is 15.0. The molecule has 0 saturated heterocycles. The quantitative estimate of drug-likeness (QED) is 0.727. The van der Waals surface area contributed by atoms with Crippen LogP contribution in [0.5, 0.6) is 11.5 Å². The number of para-hydroxylation sites is 2. The maximum absolute atomic E-state index is 10.6. The second-order valence-corrected chi connectivity index (χ2v) is 9.22. The molecule has 0 heterocycles. The second kappa shape index (κ2) is 5.28. The lowest BCUT2D eigenvalue weighted by Crippen LogP contribution is -2.36. The number of phenolic OH excluding ortho intramolecular Hbond substituents is 2. The van der Waals surface area contributed by atoms with Crippen molar-refractivity contribution in [1.29, 1.82) is 0 Å². The number of phenols is 2. The Morgan fingerprint density at radius 3 is 1.54 bits per heavy atom. The molecule has 0 aromatic heterocycles. The number of hydrogen-bond acceptors (Lipinski definition) is 2. The summed E-state index contributed by atoms with van der Waals surface area (Å²) in [6.07, 6.45) is 5.55. The van der Waals surface area contributed by atoms with E-state index in [1.54, 1.807) is 0 Å². The molecule has 0 spiro atoms. The Morgan fingerprint density at radius 2 is 1.08 bits per heavy atom. The van der Waals surface area contributed by atoms with Gasteiger partial charge in [0.05, 0.1) is 0 Å². The Bertz CT molecular complexity index is 789. The Hall–Kier alpha value is -1.96. The molecule has 0 amide bonds. The van der Waals surface area contributed by atoms with Gasteiger partial charge in [0.25, 0.3) is 0 Å². The van der Waals surface area contributed by atoms with Crippen LogP contribution in [0.3, 0.4) is 0 Å². The molecule has 0 aliphatic heterocycles. The summed E-state index contributed by atoms with van der Waals surface area (Å²) in [5.41, 5.74) is 2.21. The molecule has 134 valence electrons. The summed E-state index contributed by atoms with van der Waals surface area (Å²) in [6, 6.07) is 15.9. The minimum absolute atomic E-state index is 0.343. The highest BCUT2D eigenvalue weighted by Gasteiger charge is 2.66. The first-order valence-electron chi connectivity index (χ1n) is 10.3. The standard InChI is InChI=1S/C24H26O2/c25-19-7-3-1-5-15(19)23-17-12-18(22-14-10-9-13(11-14)21(17)22)24(23)16-6-2-4-8-20(16)26/h1-8,13-14,17-18,21-26H,9-12H2. The van der Waals surface area contributed by atoms with Crippen LogP contribution < -0.4 is 0 Å². The first kappa shape index (κ1) is 15.1. The van der Waals surface area contributed by atoms with Crippen molar-refractivity contribution in [3.05, 3.63) is 59.7 Å². The fourth-order valence-corrected chi connectivity index (χ4v) is 7.97. The van der Waals surface area contributed by atoms with Gasteiger partial charge >= 0.3 is 0 Å². The van der Waals surface area contributed by atoms with Gasteiger partial charge in [0.2, 0.25) is 0 Å². The molecule has 8 atom stereocenters. The zero-order chi connectivity index (χ0) is 17.4. The minimum atomic E-state index is 0.343. The first-order chi connectivity index (χ1) is 12.7. The molecular formula is C24H26O2. The topological polar surface area (TPSA) is 40.5 Å². The molecule has 4 bridgehead atoms. The summed E-state index contributed by atoms with van der Waals surface area (Å²) in [5.74, 6) is 6.42. The van der Waals surface area contributed by atoms with Gasteiger partial charge in [0, 0.05) is 0 Å². The Labute approximate surface area is 154 Å². The molecule has 8 unspecified atom stereocenters. The number of aromatic hydroxyl groups is 2. The normalized spacial score (nSPS) is 42.3. The fourth-order valence-electron chi connectivity index (χ4n) is 7.97. The summed E-state index contributed by atoms with van der Waals surface area (Å²) < 4.78 is 0. The van der Waals surface area contributed by atoms with Crippen LogP contribution in [0.2, 0.25) is 0 Å². The molecular weight excluding hydrogens is 320 g/mol. The van der Waals surface area contributed by atoms with E-state index in [2.05, 4.69) is 24.3 Å². The molecule has 4 aliphatic carbocycles. The lowest BCUT2D eigenvalue weighted by molar-refractivity contribution is 0.112. The summed E-state index contributed by atoms with van der Waals surface area (Å²) in [7, 11) is 0. The number of fused-ring (bicyclic) bond motifs is 9. The van der Waals surface area contributed by atoms with Gasteiger partial charge in [-0.2, -0.15) is 0 Å². The molecule has 4 fully saturated rings. The van der Waals surface area contributed by atoms with Crippen molar-refractivity contribution in [2.45, 2.75) is 37.5 Å². The smallest absolute Gasteiger partial charge is 0.119 e. The Balaban J connectivity index is 1.51. The van der Waals surface area contributed by atoms with Crippen molar-refractivity contribution in [3.8, 4) is 11.5 Å². The number of benzene rings is 2. The van der Waals surface area contributed by atoms with E-state index in [4.69, 9.17) is 0 Å². The van der Waals surface area contributed by atoms with Gasteiger partial charge in [-0.15, -0.1) is 0 Å². The van der Waals surface area contributed by atoms with E-state index in [9.17, 15) is 10.2 Å². The van der Waals surface area contributed by atoms with Crippen LogP contribution in [0.15, 0.2) is 48.5 Å². The zero-order valence-corrected chi connectivity index (χ0v) is 15.0. The number of rotatable bonds is 2. The molecule has 6 rings (SSSR count). The second-order valence-electron chi connectivity index (χ2n) is 9.22. The van der Waals surface area contributed by atoms with Gasteiger partial charge in [0.15, 0.2) is 0 Å². The van der Waals surface area contributed by atoms with E-state index in [1.165, 1.54) is 25.7 Å². The average Bonchev–Trinajstić information content (AvgIpc) is 3.41. The molecule has 2 N–H and O–H groups in total. The van der Waals surface area contributed by atoms with Crippen molar-refractivity contribution in [2.24, 2.45) is 35.5 Å². The molecule has 26 heavy (non-hydrogen) atoms. The van der Waals surface area contributed by atoms with Crippen molar-refractivity contribution >= 4 is 0 Å².